The summed E-state index contributed by atoms with van der Waals surface area (Å²) in [4.78, 5) is 0. The van der Waals surface area contributed by atoms with Gasteiger partial charge in [-0.05, 0) is 19.3 Å². The van der Waals surface area contributed by atoms with Gasteiger partial charge in [0.1, 0.15) is 0 Å². The molecule has 0 bridgehead atoms. The van der Waals surface area contributed by atoms with Crippen LogP contribution in [0.2, 0.25) is 0 Å². The van der Waals surface area contributed by atoms with Gasteiger partial charge in [-0.15, -0.1) is 0 Å². The van der Waals surface area contributed by atoms with Gasteiger partial charge in [-0.25, -0.2) is 0 Å². The quantitative estimate of drug-likeness (QED) is 0.448. The van der Waals surface area contributed by atoms with Gasteiger partial charge < -0.3 is 10.2 Å². The van der Waals surface area contributed by atoms with Crippen molar-refractivity contribution in [2.24, 2.45) is 0 Å². The van der Waals surface area contributed by atoms with E-state index in [0.717, 1.165) is 12.8 Å². The minimum Gasteiger partial charge on any atom is -0.393 e. The Morgan fingerprint density at radius 3 is 1.57 bits per heavy atom. The number of hydrogen-bond acceptors (Lipinski definition) is 2. The molecule has 2 atom stereocenters. The van der Waals surface area contributed by atoms with Gasteiger partial charge in [0.2, 0.25) is 0 Å². The largest absolute Gasteiger partial charge is 0.393 e. The van der Waals surface area contributed by atoms with Crippen LogP contribution >= 0.6 is 0 Å². The molecule has 2 N–H and O–H groups in total. The molecule has 0 heterocycles. The van der Waals surface area contributed by atoms with E-state index in [0.29, 0.717) is 6.42 Å². The maximum Gasteiger partial charge on any atom is 0.0565 e. The first-order valence-electron chi connectivity index (χ1n) is 2.65. The maximum atomic E-state index is 8.74. The Kier molecular flexibility index (Phi) is 1.30. The smallest absolute Gasteiger partial charge is 0.0565 e. The van der Waals surface area contributed by atoms with Crippen molar-refractivity contribution in [2.75, 3.05) is 0 Å². The third kappa shape index (κ3) is 1.14. The van der Waals surface area contributed by atoms with Gasteiger partial charge in [-0.1, -0.05) is 0 Å². The predicted molar refractivity (Wildman–Crippen MR) is 25.9 cm³/mol. The van der Waals surface area contributed by atoms with Crippen LogP contribution in [0.15, 0.2) is 0 Å². The van der Waals surface area contributed by atoms with Crippen LogP contribution in [0.25, 0.3) is 0 Å². The molecule has 0 aliphatic heterocycles. The molecule has 1 unspecified atom stereocenters. The lowest BCUT2D eigenvalue weighted by molar-refractivity contribution is 0.137. The molecular formula is C5H10O2. The molecule has 1 aliphatic carbocycles. The fourth-order valence-electron chi connectivity index (χ4n) is 0.935. The number of hydrogen-bond donors (Lipinski definition) is 2. The van der Waals surface area contributed by atoms with E-state index in [4.69, 9.17) is 10.2 Å². The summed E-state index contributed by atoms with van der Waals surface area (Å²) >= 11 is 0. The fraction of sp³-hybridized carbons (Fsp3) is 1.00. The van der Waals surface area contributed by atoms with Crippen molar-refractivity contribution >= 4 is 0 Å². The van der Waals surface area contributed by atoms with E-state index in [1.54, 1.807) is 0 Å². The van der Waals surface area contributed by atoms with E-state index in [-0.39, 0.29) is 12.2 Å². The van der Waals surface area contributed by atoms with E-state index >= 15 is 0 Å². The van der Waals surface area contributed by atoms with Crippen LogP contribution in [0.1, 0.15) is 19.3 Å². The SMILES string of the molecule is OC1CC[C@H](O)C1. The highest BCUT2D eigenvalue weighted by atomic mass is 16.3. The highest BCUT2D eigenvalue weighted by molar-refractivity contribution is 4.72. The second kappa shape index (κ2) is 1.80. The second-order valence-corrected chi connectivity index (χ2v) is 2.12. The van der Waals surface area contributed by atoms with Crippen LogP contribution in [-0.2, 0) is 0 Å². The van der Waals surface area contributed by atoms with Crippen molar-refractivity contribution < 1.29 is 10.2 Å². The van der Waals surface area contributed by atoms with Gasteiger partial charge in [-0.3, -0.25) is 0 Å². The Morgan fingerprint density at radius 1 is 1.00 bits per heavy atom. The van der Waals surface area contributed by atoms with Crippen LogP contribution < -0.4 is 0 Å². The van der Waals surface area contributed by atoms with Crippen molar-refractivity contribution in [1.29, 1.82) is 0 Å². The molecule has 2 nitrogen and oxygen atoms in total. The summed E-state index contributed by atoms with van der Waals surface area (Å²) in [6, 6.07) is 0. The molecule has 1 rings (SSSR count). The molecule has 1 aliphatic rings. The van der Waals surface area contributed by atoms with Crippen LogP contribution in [-0.4, -0.2) is 22.4 Å². The molecule has 42 valence electrons. The summed E-state index contributed by atoms with van der Waals surface area (Å²) in [5.41, 5.74) is 0. The average molecular weight is 102 g/mol. The lowest BCUT2D eigenvalue weighted by Gasteiger charge is -1.95. The first kappa shape index (κ1) is 5.06. The van der Waals surface area contributed by atoms with E-state index in [2.05, 4.69) is 0 Å². The molecular weight excluding hydrogens is 92.1 g/mol. The highest BCUT2D eigenvalue weighted by Gasteiger charge is 2.19. The molecule has 0 aromatic heterocycles. The van der Waals surface area contributed by atoms with Gasteiger partial charge in [0.25, 0.3) is 0 Å². The highest BCUT2D eigenvalue weighted by Crippen LogP contribution is 2.17. The summed E-state index contributed by atoms with van der Waals surface area (Å²) in [6.45, 7) is 0. The van der Waals surface area contributed by atoms with Crippen molar-refractivity contribution in [3.8, 4) is 0 Å². The Bertz CT molecular complexity index is 55.1. The lowest BCUT2D eigenvalue weighted by atomic mass is 10.3. The second-order valence-electron chi connectivity index (χ2n) is 2.12. The molecule has 7 heavy (non-hydrogen) atoms. The summed E-state index contributed by atoms with van der Waals surface area (Å²) in [5.74, 6) is 0. The lowest BCUT2D eigenvalue weighted by Crippen LogP contribution is -2.02. The normalized spacial score (nSPS) is 42.0. The van der Waals surface area contributed by atoms with Crippen LogP contribution in [0.5, 0.6) is 0 Å². The average Bonchev–Trinajstić information content (AvgIpc) is 1.87. The van der Waals surface area contributed by atoms with Crippen LogP contribution in [0, 0.1) is 0 Å². The van der Waals surface area contributed by atoms with Gasteiger partial charge in [-0.2, -0.15) is 0 Å². The Morgan fingerprint density at radius 2 is 1.43 bits per heavy atom. The molecule has 1 fully saturated rings. The van der Waals surface area contributed by atoms with Crippen molar-refractivity contribution in [1.82, 2.24) is 0 Å². The third-order valence-electron chi connectivity index (χ3n) is 1.38. The standard InChI is InChI=1S/C5H10O2/c6-4-1-2-5(7)3-4/h4-7H,1-3H2/t4-,5?/m0/s1. The van der Waals surface area contributed by atoms with Gasteiger partial charge in [0.15, 0.2) is 0 Å². The molecule has 0 spiro atoms. The monoisotopic (exact) mass is 102 g/mol. The number of rotatable bonds is 0. The van der Waals surface area contributed by atoms with Crippen LogP contribution in [0.3, 0.4) is 0 Å². The van der Waals surface area contributed by atoms with Gasteiger partial charge in [0.05, 0.1) is 12.2 Å². The van der Waals surface area contributed by atoms with Crippen molar-refractivity contribution in [3.63, 3.8) is 0 Å². The van der Waals surface area contributed by atoms with E-state index < -0.39 is 0 Å². The molecule has 2 heteroatoms. The summed E-state index contributed by atoms with van der Waals surface area (Å²) in [7, 11) is 0. The van der Waals surface area contributed by atoms with Gasteiger partial charge in [0, 0.05) is 0 Å². The predicted octanol–water partition coefficient (Wildman–Crippen LogP) is -0.108. The van der Waals surface area contributed by atoms with Gasteiger partial charge >= 0.3 is 0 Å². The first-order valence-corrected chi connectivity index (χ1v) is 2.65. The molecule has 0 amide bonds. The zero-order valence-electron chi connectivity index (χ0n) is 4.17. The topological polar surface area (TPSA) is 40.5 Å². The zero-order valence-corrected chi connectivity index (χ0v) is 4.17. The van der Waals surface area contributed by atoms with E-state index in [9.17, 15) is 0 Å². The fourth-order valence-corrected chi connectivity index (χ4v) is 0.935. The van der Waals surface area contributed by atoms with Crippen LogP contribution in [0.4, 0.5) is 0 Å². The van der Waals surface area contributed by atoms with Crippen molar-refractivity contribution in [2.45, 2.75) is 31.5 Å². The molecule has 0 saturated heterocycles. The number of aliphatic hydroxyl groups excluding tert-OH is 2. The maximum absolute atomic E-state index is 8.74. The molecule has 0 radical (unpaired) electrons. The van der Waals surface area contributed by atoms with Crippen molar-refractivity contribution in [3.05, 3.63) is 0 Å². The summed E-state index contributed by atoms with van der Waals surface area (Å²) in [6.07, 6.45) is 1.69. The third-order valence-corrected chi connectivity index (χ3v) is 1.38. The summed E-state index contributed by atoms with van der Waals surface area (Å²) in [5, 5.41) is 17.5. The molecule has 1 saturated carbocycles. The Hall–Kier alpha value is -0.0800. The summed E-state index contributed by atoms with van der Waals surface area (Å²) < 4.78 is 0. The molecule has 0 aromatic carbocycles. The Labute approximate surface area is 42.8 Å². The Balaban J connectivity index is 2.26. The number of aliphatic hydroxyl groups is 2. The van der Waals surface area contributed by atoms with E-state index in [1.165, 1.54) is 0 Å². The minimum atomic E-state index is -0.227. The van der Waals surface area contributed by atoms with E-state index in [1.807, 2.05) is 0 Å². The molecule has 0 aromatic rings. The first-order chi connectivity index (χ1) is 3.29. The minimum absolute atomic E-state index is 0.227. The zero-order chi connectivity index (χ0) is 5.28.